The van der Waals surface area contributed by atoms with Crippen molar-refractivity contribution in [3.05, 3.63) is 53.4 Å². The lowest BCUT2D eigenvalue weighted by Crippen LogP contribution is -2.41. The van der Waals surface area contributed by atoms with Crippen molar-refractivity contribution in [3.63, 3.8) is 0 Å². The van der Waals surface area contributed by atoms with Gasteiger partial charge in [-0.15, -0.1) is 0 Å². The fraction of sp³-hybridized carbons (Fsp3) is 0.294. The number of nitrogens with zero attached hydrogens (tertiary/aromatic N) is 3. The van der Waals surface area contributed by atoms with Crippen LogP contribution in [0.4, 0.5) is 4.39 Å². The number of halogens is 2. The summed E-state index contributed by atoms with van der Waals surface area (Å²) >= 11 is 6.19. The number of carbonyl (C=O) groups excluding carboxylic acids is 1. The van der Waals surface area contributed by atoms with Crippen molar-refractivity contribution in [1.29, 1.82) is 0 Å². The van der Waals surface area contributed by atoms with Gasteiger partial charge in [-0.3, -0.25) is 9.80 Å². The first-order chi connectivity index (χ1) is 11.5. The van der Waals surface area contributed by atoms with E-state index in [2.05, 4.69) is 4.98 Å². The quantitative estimate of drug-likeness (QED) is 0.454. The Morgan fingerprint density at radius 3 is 2.96 bits per heavy atom. The maximum atomic E-state index is 15.2. The molecule has 7 heteroatoms. The fourth-order valence-corrected chi connectivity index (χ4v) is 4.46. The van der Waals surface area contributed by atoms with Crippen LogP contribution in [0.15, 0.2) is 47.6 Å². The van der Waals surface area contributed by atoms with Crippen molar-refractivity contribution in [2.45, 2.75) is 30.1 Å². The third-order valence-electron chi connectivity index (χ3n) is 5.16. The molecule has 1 amide bonds. The monoisotopic (exact) mass is 344 g/mol. The highest BCUT2D eigenvalue weighted by Crippen LogP contribution is 2.53. The van der Waals surface area contributed by atoms with Crippen molar-refractivity contribution in [2.24, 2.45) is 5.84 Å². The van der Waals surface area contributed by atoms with E-state index in [1.165, 1.54) is 5.01 Å². The molecule has 5 nitrogen and oxygen atoms in total. The predicted molar refractivity (Wildman–Crippen MR) is 87.6 cm³/mol. The summed E-state index contributed by atoms with van der Waals surface area (Å²) in [6.07, 6.45) is 3.75. The van der Waals surface area contributed by atoms with E-state index in [4.69, 9.17) is 17.4 Å². The Kier molecular flexibility index (Phi) is 2.64. The molecular weight excluding hydrogens is 331 g/mol. The second-order valence-electron chi connectivity index (χ2n) is 6.45. The first kappa shape index (κ1) is 14.2. The van der Waals surface area contributed by atoms with Crippen LogP contribution in [-0.4, -0.2) is 25.6 Å². The average molecular weight is 345 g/mol. The third-order valence-corrected chi connectivity index (χ3v) is 5.51. The Morgan fingerprint density at radius 2 is 2.12 bits per heavy atom. The van der Waals surface area contributed by atoms with Crippen LogP contribution in [0.5, 0.6) is 0 Å². The molecule has 1 aromatic heterocycles. The highest BCUT2D eigenvalue weighted by molar-refractivity contribution is 6.25. The summed E-state index contributed by atoms with van der Waals surface area (Å²) in [5.41, 5.74) is 2.27. The minimum atomic E-state index is -2.09. The van der Waals surface area contributed by atoms with Gasteiger partial charge in [-0.1, -0.05) is 35.9 Å². The largest absolute Gasteiger partial charge is 0.319 e. The van der Waals surface area contributed by atoms with Crippen LogP contribution in [-0.2, 0) is 4.79 Å². The number of carbonyl (C=O) groups is 1. The molecule has 2 aromatic rings. The lowest BCUT2D eigenvalue weighted by atomic mass is 9.89. The lowest BCUT2D eigenvalue weighted by Gasteiger charge is -2.31. The van der Waals surface area contributed by atoms with Crippen molar-refractivity contribution in [3.8, 4) is 0 Å². The molecule has 0 fully saturated rings. The summed E-state index contributed by atoms with van der Waals surface area (Å²) in [7, 11) is 0. The van der Waals surface area contributed by atoms with Crippen LogP contribution in [0.3, 0.4) is 0 Å². The summed E-state index contributed by atoms with van der Waals surface area (Å²) in [6.45, 7) is 0. The Bertz CT molecular complexity index is 961. The van der Waals surface area contributed by atoms with E-state index >= 15 is 4.39 Å². The van der Waals surface area contributed by atoms with Crippen molar-refractivity contribution < 1.29 is 9.18 Å². The number of amides is 1. The second-order valence-corrected chi connectivity index (χ2v) is 7.05. The molecule has 1 aliphatic carbocycles. The number of rotatable bonds is 0. The first-order valence-corrected chi connectivity index (χ1v) is 8.21. The Morgan fingerprint density at radius 1 is 1.33 bits per heavy atom. The minimum absolute atomic E-state index is 0.0361. The van der Waals surface area contributed by atoms with Gasteiger partial charge in [0, 0.05) is 24.0 Å². The average Bonchev–Trinajstić information content (AvgIpc) is 3.06. The lowest BCUT2D eigenvalue weighted by molar-refractivity contribution is -0.129. The van der Waals surface area contributed by atoms with E-state index in [1.807, 2.05) is 28.8 Å². The van der Waals surface area contributed by atoms with Gasteiger partial charge in [0.15, 0.2) is 0 Å². The van der Waals surface area contributed by atoms with Gasteiger partial charge in [-0.25, -0.2) is 15.2 Å². The molecular formula is C17H14ClFN4O. The maximum absolute atomic E-state index is 15.2. The number of hydrogen-bond acceptors (Lipinski definition) is 3. The Balaban J connectivity index is 1.86. The van der Waals surface area contributed by atoms with Gasteiger partial charge in [-0.2, -0.15) is 0 Å². The van der Waals surface area contributed by atoms with E-state index in [0.717, 1.165) is 11.0 Å². The molecule has 3 atom stereocenters. The van der Waals surface area contributed by atoms with E-state index in [9.17, 15) is 4.79 Å². The standard InChI is InChI=1S/C17H14ClFN4O/c18-17(19)7-3-4-9-14(17)12-8-13(23(20)16(9)24)15-21-10-5-1-2-6-11(10)22(12)15/h1-6,12-13H,7-8,20H2/t12-,13-,17?/m1/s1. The number of hydrogen-bond donors (Lipinski definition) is 1. The number of aromatic nitrogens is 2. The number of hydrazine groups is 1. The van der Waals surface area contributed by atoms with Crippen LogP contribution >= 0.6 is 11.6 Å². The first-order valence-electron chi connectivity index (χ1n) is 7.83. The SMILES string of the molecule is NN1C(=O)C2=C([C@H]3C[C@@H]1c1nc4ccccc4n13)C(F)(Cl)CC=C2. The minimum Gasteiger partial charge on any atom is -0.319 e. The van der Waals surface area contributed by atoms with E-state index < -0.39 is 11.0 Å². The number of nitrogens with two attached hydrogens (primary N) is 1. The van der Waals surface area contributed by atoms with Crippen LogP contribution in [0.1, 0.15) is 30.7 Å². The van der Waals surface area contributed by atoms with Crippen LogP contribution < -0.4 is 5.84 Å². The van der Waals surface area contributed by atoms with Gasteiger partial charge in [0.2, 0.25) is 5.13 Å². The number of imidazole rings is 1. The van der Waals surface area contributed by atoms with Crippen molar-refractivity contribution in [2.75, 3.05) is 0 Å². The molecule has 0 saturated heterocycles. The Labute approximate surface area is 142 Å². The normalized spacial score (nSPS) is 31.5. The highest BCUT2D eigenvalue weighted by atomic mass is 35.5. The molecule has 2 N–H and O–H groups in total. The second kappa shape index (κ2) is 4.46. The van der Waals surface area contributed by atoms with Gasteiger partial charge in [0.05, 0.1) is 17.1 Å². The van der Waals surface area contributed by atoms with Crippen molar-refractivity contribution in [1.82, 2.24) is 14.6 Å². The molecule has 3 aliphatic rings. The molecule has 3 heterocycles. The molecule has 0 saturated carbocycles. The van der Waals surface area contributed by atoms with Gasteiger partial charge in [-0.05, 0) is 12.1 Å². The number of alkyl halides is 2. The topological polar surface area (TPSA) is 64.2 Å². The van der Waals surface area contributed by atoms with Gasteiger partial charge in [0.1, 0.15) is 11.9 Å². The number of allylic oxidation sites excluding steroid dienone is 2. The van der Waals surface area contributed by atoms with Gasteiger partial charge in [0.25, 0.3) is 5.91 Å². The summed E-state index contributed by atoms with van der Waals surface area (Å²) in [5.74, 6) is 6.37. The van der Waals surface area contributed by atoms with E-state index in [1.54, 1.807) is 12.2 Å². The van der Waals surface area contributed by atoms with Gasteiger partial charge < -0.3 is 4.57 Å². The molecule has 2 bridgehead atoms. The zero-order valence-corrected chi connectivity index (χ0v) is 13.4. The van der Waals surface area contributed by atoms with Crippen molar-refractivity contribution >= 4 is 28.5 Å². The van der Waals surface area contributed by atoms with E-state index in [-0.39, 0.29) is 24.1 Å². The number of benzene rings is 1. The van der Waals surface area contributed by atoms with Crippen LogP contribution in [0.2, 0.25) is 0 Å². The molecule has 122 valence electrons. The fourth-order valence-electron chi connectivity index (χ4n) is 4.14. The molecule has 1 unspecified atom stereocenters. The molecule has 1 aromatic carbocycles. The molecule has 0 spiro atoms. The third kappa shape index (κ3) is 1.62. The Hall–Kier alpha value is -2.18. The molecule has 2 aliphatic heterocycles. The summed E-state index contributed by atoms with van der Waals surface area (Å²) < 4.78 is 17.1. The molecule has 24 heavy (non-hydrogen) atoms. The van der Waals surface area contributed by atoms with Crippen LogP contribution in [0, 0.1) is 0 Å². The highest BCUT2D eigenvalue weighted by Gasteiger charge is 2.51. The zero-order chi connectivity index (χ0) is 16.6. The molecule has 0 radical (unpaired) electrons. The van der Waals surface area contributed by atoms with E-state index in [0.29, 0.717) is 17.8 Å². The smallest absolute Gasteiger partial charge is 0.268 e. The summed E-state index contributed by atoms with van der Waals surface area (Å²) in [5, 5.41) is -0.921. The number of fused-ring (bicyclic) bond motifs is 8. The predicted octanol–water partition coefficient (Wildman–Crippen LogP) is 2.90. The number of para-hydroxylation sites is 2. The summed E-state index contributed by atoms with van der Waals surface area (Å²) in [4.78, 5) is 17.3. The summed E-state index contributed by atoms with van der Waals surface area (Å²) in [6, 6.07) is 6.90. The zero-order valence-electron chi connectivity index (χ0n) is 12.6. The van der Waals surface area contributed by atoms with Crippen LogP contribution in [0.25, 0.3) is 11.0 Å². The molecule has 5 rings (SSSR count). The van der Waals surface area contributed by atoms with Gasteiger partial charge >= 0.3 is 0 Å². The maximum Gasteiger partial charge on any atom is 0.268 e.